The van der Waals surface area contributed by atoms with E-state index in [-0.39, 0.29) is 17.9 Å². The number of rotatable bonds is 7. The maximum atomic E-state index is 12.2. The fraction of sp³-hybridized carbons (Fsp3) is 0.211. The molecule has 0 unspecified atom stereocenters. The predicted octanol–water partition coefficient (Wildman–Crippen LogP) is 2.20. The molecule has 6 nitrogen and oxygen atoms in total. The Morgan fingerprint density at radius 3 is 2.58 bits per heavy atom. The van der Waals surface area contributed by atoms with Crippen LogP contribution in [0.4, 0.5) is 0 Å². The second kappa shape index (κ2) is 7.72. The molecule has 26 heavy (non-hydrogen) atoms. The Kier molecular flexibility index (Phi) is 5.39. The molecular formula is C19H20N2O4S. The van der Waals surface area contributed by atoms with Crippen molar-refractivity contribution in [3.8, 4) is 5.75 Å². The minimum Gasteiger partial charge on any atom is -0.497 e. The Labute approximate surface area is 151 Å². The summed E-state index contributed by atoms with van der Waals surface area (Å²) in [6, 6.07) is 16.4. The number of fused-ring (bicyclic) bond motifs is 1. The third-order valence-corrected chi connectivity index (χ3v) is 5.44. The zero-order valence-corrected chi connectivity index (χ0v) is 15.2. The molecule has 3 aromatic rings. The lowest BCUT2D eigenvalue weighted by Crippen LogP contribution is -2.29. The molecular weight excluding hydrogens is 352 g/mol. The van der Waals surface area contributed by atoms with Gasteiger partial charge in [0.2, 0.25) is 10.0 Å². The van der Waals surface area contributed by atoms with Gasteiger partial charge in [-0.3, -0.25) is 4.79 Å². The van der Waals surface area contributed by atoms with E-state index in [0.29, 0.717) is 23.3 Å². The minimum absolute atomic E-state index is 0.0314. The van der Waals surface area contributed by atoms with E-state index in [9.17, 15) is 13.2 Å². The molecule has 0 spiro atoms. The SMILES string of the molecule is COc1ccc2[nH]c(=O)c(CNS(=O)(=O)CCc3ccccc3)cc2c1. The van der Waals surface area contributed by atoms with Crippen LogP contribution in [0.1, 0.15) is 11.1 Å². The number of nitrogens with one attached hydrogen (secondary N) is 2. The van der Waals surface area contributed by atoms with Crippen LogP contribution in [0.5, 0.6) is 5.75 Å². The van der Waals surface area contributed by atoms with Gasteiger partial charge in [0.1, 0.15) is 5.75 Å². The Morgan fingerprint density at radius 1 is 1.08 bits per heavy atom. The molecule has 7 heteroatoms. The van der Waals surface area contributed by atoms with Gasteiger partial charge >= 0.3 is 0 Å². The monoisotopic (exact) mass is 372 g/mol. The Morgan fingerprint density at radius 2 is 1.85 bits per heavy atom. The van der Waals surface area contributed by atoms with Gasteiger partial charge in [0.05, 0.1) is 12.9 Å². The molecule has 1 aromatic heterocycles. The van der Waals surface area contributed by atoms with Gasteiger partial charge in [0.25, 0.3) is 5.56 Å². The summed E-state index contributed by atoms with van der Waals surface area (Å²) in [4.78, 5) is 14.9. The van der Waals surface area contributed by atoms with E-state index in [0.717, 1.165) is 10.9 Å². The van der Waals surface area contributed by atoms with Crippen LogP contribution in [0.3, 0.4) is 0 Å². The number of pyridine rings is 1. The molecule has 0 aliphatic heterocycles. The third-order valence-electron chi connectivity index (χ3n) is 4.11. The summed E-state index contributed by atoms with van der Waals surface area (Å²) in [6.07, 6.45) is 0.418. The Bertz CT molecular complexity index is 1060. The highest BCUT2D eigenvalue weighted by Gasteiger charge is 2.12. The average Bonchev–Trinajstić information content (AvgIpc) is 2.65. The first-order chi connectivity index (χ1) is 12.5. The molecule has 2 aromatic carbocycles. The van der Waals surface area contributed by atoms with E-state index >= 15 is 0 Å². The molecule has 1 heterocycles. The van der Waals surface area contributed by atoms with Gasteiger partial charge in [-0.2, -0.15) is 0 Å². The van der Waals surface area contributed by atoms with Crippen LogP contribution < -0.4 is 15.0 Å². The maximum Gasteiger partial charge on any atom is 0.252 e. The van der Waals surface area contributed by atoms with Crippen molar-refractivity contribution >= 4 is 20.9 Å². The van der Waals surface area contributed by atoms with Gasteiger partial charge in [-0.15, -0.1) is 0 Å². The largest absolute Gasteiger partial charge is 0.497 e. The fourth-order valence-electron chi connectivity index (χ4n) is 2.64. The number of hydrogen-bond acceptors (Lipinski definition) is 4. The lowest BCUT2D eigenvalue weighted by Gasteiger charge is -2.08. The van der Waals surface area contributed by atoms with Gasteiger partial charge < -0.3 is 9.72 Å². The van der Waals surface area contributed by atoms with E-state index in [1.165, 1.54) is 0 Å². The van der Waals surface area contributed by atoms with Crippen molar-refractivity contribution in [2.75, 3.05) is 12.9 Å². The summed E-state index contributed by atoms with van der Waals surface area (Å²) in [5.74, 6) is 0.634. The second-order valence-corrected chi connectivity index (χ2v) is 7.88. The summed E-state index contributed by atoms with van der Waals surface area (Å²) in [7, 11) is -1.92. The Hall–Kier alpha value is -2.64. The number of sulfonamides is 1. The molecule has 0 aliphatic rings. The van der Waals surface area contributed by atoms with Crippen LogP contribution in [-0.4, -0.2) is 26.3 Å². The molecule has 0 saturated carbocycles. The molecule has 0 aliphatic carbocycles. The predicted molar refractivity (Wildman–Crippen MR) is 102 cm³/mol. The number of ether oxygens (including phenoxy) is 1. The van der Waals surface area contributed by atoms with Gasteiger partial charge in [-0.25, -0.2) is 13.1 Å². The number of aromatic nitrogens is 1. The van der Waals surface area contributed by atoms with Crippen LogP contribution in [0.25, 0.3) is 10.9 Å². The maximum absolute atomic E-state index is 12.2. The number of aromatic amines is 1. The van der Waals surface area contributed by atoms with Crippen molar-refractivity contribution in [2.24, 2.45) is 0 Å². The first-order valence-electron chi connectivity index (χ1n) is 8.18. The van der Waals surface area contributed by atoms with Gasteiger partial charge in [-0.1, -0.05) is 30.3 Å². The van der Waals surface area contributed by atoms with Gasteiger partial charge in [0, 0.05) is 23.0 Å². The number of benzene rings is 2. The zero-order valence-electron chi connectivity index (χ0n) is 14.4. The molecule has 136 valence electrons. The summed E-state index contributed by atoms with van der Waals surface area (Å²) in [5, 5.41) is 0.780. The highest BCUT2D eigenvalue weighted by molar-refractivity contribution is 7.89. The molecule has 0 amide bonds. The first-order valence-corrected chi connectivity index (χ1v) is 9.83. The molecule has 0 fully saturated rings. The molecule has 0 saturated heterocycles. The highest BCUT2D eigenvalue weighted by atomic mass is 32.2. The van der Waals surface area contributed by atoms with E-state index in [1.54, 1.807) is 31.4 Å². The van der Waals surface area contributed by atoms with Crippen LogP contribution in [-0.2, 0) is 23.0 Å². The molecule has 0 bridgehead atoms. The molecule has 0 radical (unpaired) electrons. The number of aryl methyl sites for hydroxylation is 1. The number of H-pyrrole nitrogens is 1. The van der Waals surface area contributed by atoms with Crippen LogP contribution in [0, 0.1) is 0 Å². The lowest BCUT2D eigenvalue weighted by molar-refractivity contribution is 0.415. The minimum atomic E-state index is -3.49. The first kappa shape index (κ1) is 18.2. The van der Waals surface area contributed by atoms with Gasteiger partial charge in [0.15, 0.2) is 0 Å². The zero-order chi connectivity index (χ0) is 18.6. The lowest BCUT2D eigenvalue weighted by atomic mass is 10.1. The van der Waals surface area contributed by atoms with Crippen molar-refractivity contribution in [3.05, 3.63) is 76.1 Å². The summed E-state index contributed by atoms with van der Waals surface area (Å²) < 4.78 is 32.1. The van der Waals surface area contributed by atoms with Crippen LogP contribution in [0.15, 0.2) is 59.4 Å². The normalized spacial score (nSPS) is 11.6. The van der Waals surface area contributed by atoms with E-state index in [4.69, 9.17) is 4.74 Å². The molecule has 2 N–H and O–H groups in total. The average molecular weight is 372 g/mol. The Balaban J connectivity index is 1.71. The smallest absolute Gasteiger partial charge is 0.252 e. The number of hydrogen-bond donors (Lipinski definition) is 2. The van der Waals surface area contributed by atoms with Crippen molar-refractivity contribution in [2.45, 2.75) is 13.0 Å². The van der Waals surface area contributed by atoms with Crippen LogP contribution in [0.2, 0.25) is 0 Å². The second-order valence-electron chi connectivity index (χ2n) is 5.95. The van der Waals surface area contributed by atoms with Gasteiger partial charge in [-0.05, 0) is 36.2 Å². The van der Waals surface area contributed by atoms with Crippen molar-refractivity contribution < 1.29 is 13.2 Å². The van der Waals surface area contributed by atoms with Crippen molar-refractivity contribution in [1.29, 1.82) is 0 Å². The summed E-state index contributed by atoms with van der Waals surface area (Å²) in [6.45, 7) is -0.0559. The number of methoxy groups -OCH3 is 1. The fourth-order valence-corrected chi connectivity index (χ4v) is 3.67. The molecule has 0 atom stereocenters. The quantitative estimate of drug-likeness (QED) is 0.665. The van der Waals surface area contributed by atoms with Crippen LogP contribution >= 0.6 is 0 Å². The summed E-state index contributed by atoms with van der Waals surface area (Å²) in [5.41, 5.74) is 1.67. The van der Waals surface area contributed by atoms with E-state index in [2.05, 4.69) is 9.71 Å². The standard InChI is InChI=1S/C19H20N2O4S/c1-25-17-7-8-18-15(12-17)11-16(19(22)21-18)13-20-26(23,24)10-9-14-5-3-2-4-6-14/h2-8,11-12,20H,9-10,13H2,1H3,(H,21,22). The van der Waals surface area contributed by atoms with Crippen molar-refractivity contribution in [3.63, 3.8) is 0 Å². The molecule has 3 rings (SSSR count). The highest BCUT2D eigenvalue weighted by Crippen LogP contribution is 2.18. The summed E-state index contributed by atoms with van der Waals surface area (Å²) >= 11 is 0. The topological polar surface area (TPSA) is 88.3 Å². The third kappa shape index (κ3) is 4.50. The van der Waals surface area contributed by atoms with Crippen molar-refractivity contribution in [1.82, 2.24) is 9.71 Å². The van der Waals surface area contributed by atoms with E-state index in [1.807, 2.05) is 30.3 Å². The van der Waals surface area contributed by atoms with E-state index < -0.39 is 10.0 Å².